The number of nitrogens with zero attached hydrogens (tertiary/aromatic N) is 1. The van der Waals surface area contributed by atoms with E-state index in [0.29, 0.717) is 12.4 Å². The maximum Gasteiger partial charge on any atom is 0.119 e. The molecule has 0 radical (unpaired) electrons. The molecule has 0 saturated carbocycles. The molecule has 1 heterocycles. The number of likely N-dealkylation sites (tertiary alicyclic amines) is 1. The van der Waals surface area contributed by atoms with Crippen LogP contribution in [0.5, 0.6) is 11.5 Å². The average molecular weight is 357 g/mol. The minimum Gasteiger partial charge on any atom is -0.508 e. The number of hydrogen-bond acceptors (Lipinski definition) is 3. The lowest BCUT2D eigenvalue weighted by atomic mass is 9.92. The van der Waals surface area contributed by atoms with Crippen LogP contribution in [0.25, 0.3) is 0 Å². The fourth-order valence-electron chi connectivity index (χ4n) is 3.49. The van der Waals surface area contributed by atoms with Gasteiger partial charge >= 0.3 is 0 Å². The van der Waals surface area contributed by atoms with Crippen molar-refractivity contribution in [2.45, 2.75) is 25.7 Å². The number of halogens is 1. The summed E-state index contributed by atoms with van der Waals surface area (Å²) in [6, 6.07) is 15.5. The molecule has 0 atom stereocenters. The van der Waals surface area contributed by atoms with Crippen molar-refractivity contribution in [2.24, 2.45) is 5.92 Å². The smallest absolute Gasteiger partial charge is 0.119 e. The number of benzene rings is 2. The molecule has 1 aliphatic heterocycles. The highest BCUT2D eigenvalue weighted by Crippen LogP contribution is 2.24. The van der Waals surface area contributed by atoms with Gasteiger partial charge in [0.1, 0.15) is 18.1 Å². The van der Waals surface area contributed by atoms with Gasteiger partial charge in [0.2, 0.25) is 0 Å². The molecule has 0 aromatic heterocycles. The van der Waals surface area contributed by atoms with Crippen LogP contribution in [-0.4, -0.2) is 42.9 Å². The number of phenolic OH excluding ortho intramolecular Hbond substituents is 1. The Labute approximate surface area is 155 Å². The minimum atomic E-state index is -0.184. The molecular weight excluding hydrogens is 329 g/mol. The third-order valence-corrected chi connectivity index (χ3v) is 5.00. The van der Waals surface area contributed by atoms with Crippen molar-refractivity contribution in [1.29, 1.82) is 0 Å². The van der Waals surface area contributed by atoms with Gasteiger partial charge in [0, 0.05) is 25.6 Å². The summed E-state index contributed by atoms with van der Waals surface area (Å²) in [6.45, 7) is 3.16. The molecule has 0 bridgehead atoms. The van der Waals surface area contributed by atoms with Gasteiger partial charge in [-0.2, -0.15) is 0 Å². The lowest BCUT2D eigenvalue weighted by Crippen LogP contribution is -2.49. The first-order valence-electron chi connectivity index (χ1n) is 9.51. The summed E-state index contributed by atoms with van der Waals surface area (Å²) in [4.78, 5) is 2.22. The van der Waals surface area contributed by atoms with Crippen molar-refractivity contribution < 1.29 is 14.2 Å². The van der Waals surface area contributed by atoms with Crippen LogP contribution in [0.1, 0.15) is 24.0 Å². The van der Waals surface area contributed by atoms with E-state index in [-0.39, 0.29) is 12.6 Å². The Morgan fingerprint density at radius 2 is 1.73 bits per heavy atom. The van der Waals surface area contributed by atoms with Gasteiger partial charge in [0.25, 0.3) is 0 Å². The Morgan fingerprint density at radius 1 is 1.00 bits per heavy atom. The van der Waals surface area contributed by atoms with E-state index < -0.39 is 0 Å². The van der Waals surface area contributed by atoms with E-state index in [2.05, 4.69) is 4.90 Å². The molecule has 1 fully saturated rings. The normalized spacial score (nSPS) is 16.8. The van der Waals surface area contributed by atoms with Crippen molar-refractivity contribution in [1.82, 2.24) is 4.90 Å². The summed E-state index contributed by atoms with van der Waals surface area (Å²) < 4.78 is 17.7. The Bertz CT molecular complexity index is 671. The fraction of sp³-hybridized carbons (Fsp3) is 0.455. The number of hydrogen-bond donors (Lipinski definition) is 1. The first kappa shape index (κ1) is 18.7. The molecule has 4 rings (SSSR count). The van der Waals surface area contributed by atoms with Gasteiger partial charge < -0.3 is 9.84 Å². The molecule has 0 amide bonds. The summed E-state index contributed by atoms with van der Waals surface area (Å²) in [7, 11) is 0. The summed E-state index contributed by atoms with van der Waals surface area (Å²) in [5, 5.41) is 9.19. The first-order chi connectivity index (χ1) is 12.7. The monoisotopic (exact) mass is 357 g/mol. The van der Waals surface area contributed by atoms with Crippen molar-refractivity contribution in [3.8, 4) is 11.5 Å². The zero-order valence-corrected chi connectivity index (χ0v) is 15.2. The predicted molar refractivity (Wildman–Crippen MR) is 103 cm³/mol. The molecule has 2 aromatic rings. The molecule has 1 N–H and O–H groups in total. The Hall–Kier alpha value is -2.07. The number of fused-ring (bicyclic) bond motifs is 1. The molecule has 1 aliphatic carbocycles. The lowest BCUT2D eigenvalue weighted by Gasteiger charge is -2.37. The maximum absolute atomic E-state index is 12.1. The number of phenols is 1. The van der Waals surface area contributed by atoms with Crippen LogP contribution in [0.4, 0.5) is 4.39 Å². The second kappa shape index (κ2) is 9.58. The van der Waals surface area contributed by atoms with E-state index in [1.165, 1.54) is 30.4 Å². The van der Waals surface area contributed by atoms with Crippen LogP contribution < -0.4 is 4.74 Å². The number of rotatable bonds is 5. The molecule has 2 aliphatic rings. The Balaban J connectivity index is 0.000000158. The van der Waals surface area contributed by atoms with E-state index in [0.717, 1.165) is 31.8 Å². The van der Waals surface area contributed by atoms with Gasteiger partial charge in [0.15, 0.2) is 0 Å². The van der Waals surface area contributed by atoms with Crippen LogP contribution in [0.3, 0.4) is 0 Å². The molecule has 2 aromatic carbocycles. The lowest BCUT2D eigenvalue weighted by molar-refractivity contribution is 0.0668. The maximum atomic E-state index is 12.1. The highest BCUT2D eigenvalue weighted by atomic mass is 19.1. The van der Waals surface area contributed by atoms with Crippen LogP contribution in [-0.2, 0) is 12.8 Å². The standard InChI is InChI=1S/C12H16FNO.C10H12O/c13-8-11-9-14(10-11)6-7-15-12-4-2-1-3-5-12;11-10-6-5-8-3-1-2-4-9(8)7-10/h1-5,11H,6-10H2;5-7,11H,1-4H2. The summed E-state index contributed by atoms with van der Waals surface area (Å²) in [5.74, 6) is 1.58. The number of aromatic hydroxyl groups is 1. The average Bonchev–Trinajstić information content (AvgIpc) is 2.65. The molecule has 0 unspecified atom stereocenters. The molecule has 1 saturated heterocycles. The largest absolute Gasteiger partial charge is 0.508 e. The summed E-state index contributed by atoms with van der Waals surface area (Å²) >= 11 is 0. The van der Waals surface area contributed by atoms with Crippen molar-refractivity contribution >= 4 is 0 Å². The molecule has 4 heteroatoms. The third-order valence-electron chi connectivity index (χ3n) is 5.00. The van der Waals surface area contributed by atoms with Gasteiger partial charge in [-0.05, 0) is 61.1 Å². The van der Waals surface area contributed by atoms with E-state index in [1.54, 1.807) is 6.07 Å². The summed E-state index contributed by atoms with van der Waals surface area (Å²) in [6.07, 6.45) is 4.91. The SMILES string of the molecule is FCC1CN(CCOc2ccccc2)C1.Oc1ccc2c(c1)CCCC2. The zero-order chi connectivity index (χ0) is 18.2. The number of aryl methyl sites for hydroxylation is 2. The third kappa shape index (κ3) is 5.46. The van der Waals surface area contributed by atoms with Crippen molar-refractivity contribution in [3.05, 3.63) is 59.7 Å². The Kier molecular flexibility index (Phi) is 6.89. The van der Waals surface area contributed by atoms with Gasteiger partial charge in [-0.1, -0.05) is 24.3 Å². The predicted octanol–water partition coefficient (Wildman–Crippen LogP) is 4.24. The summed E-state index contributed by atoms with van der Waals surface area (Å²) in [5.41, 5.74) is 2.77. The number of alkyl halides is 1. The fourth-order valence-corrected chi connectivity index (χ4v) is 3.49. The molecule has 26 heavy (non-hydrogen) atoms. The van der Waals surface area contributed by atoms with E-state index in [1.807, 2.05) is 42.5 Å². The topological polar surface area (TPSA) is 32.7 Å². The molecular formula is C22H28FNO2. The number of para-hydroxylation sites is 1. The van der Waals surface area contributed by atoms with Crippen molar-refractivity contribution in [3.63, 3.8) is 0 Å². The van der Waals surface area contributed by atoms with Crippen molar-refractivity contribution in [2.75, 3.05) is 32.9 Å². The highest BCUT2D eigenvalue weighted by Gasteiger charge is 2.25. The Morgan fingerprint density at radius 3 is 2.46 bits per heavy atom. The minimum absolute atomic E-state index is 0.184. The zero-order valence-electron chi connectivity index (χ0n) is 15.2. The highest BCUT2D eigenvalue weighted by molar-refractivity contribution is 5.36. The van der Waals surface area contributed by atoms with E-state index in [4.69, 9.17) is 4.74 Å². The molecule has 3 nitrogen and oxygen atoms in total. The second-order valence-electron chi connectivity index (χ2n) is 7.10. The van der Waals surface area contributed by atoms with E-state index >= 15 is 0 Å². The van der Waals surface area contributed by atoms with Gasteiger partial charge in [-0.3, -0.25) is 9.29 Å². The van der Waals surface area contributed by atoms with Crippen LogP contribution >= 0.6 is 0 Å². The van der Waals surface area contributed by atoms with Gasteiger partial charge in [-0.25, -0.2) is 0 Å². The first-order valence-corrected chi connectivity index (χ1v) is 9.51. The number of ether oxygens (including phenoxy) is 1. The van der Waals surface area contributed by atoms with E-state index in [9.17, 15) is 9.50 Å². The van der Waals surface area contributed by atoms with Crippen LogP contribution in [0.15, 0.2) is 48.5 Å². The van der Waals surface area contributed by atoms with Crippen LogP contribution in [0, 0.1) is 5.92 Å². The quantitative estimate of drug-likeness (QED) is 0.869. The molecule has 0 spiro atoms. The van der Waals surface area contributed by atoms with Gasteiger partial charge in [0.05, 0.1) is 6.67 Å². The second-order valence-corrected chi connectivity index (χ2v) is 7.10. The van der Waals surface area contributed by atoms with Crippen LogP contribution in [0.2, 0.25) is 0 Å². The molecule has 140 valence electrons. The van der Waals surface area contributed by atoms with Gasteiger partial charge in [-0.15, -0.1) is 0 Å².